The Morgan fingerprint density at radius 2 is 2.00 bits per heavy atom. The van der Waals surface area contributed by atoms with E-state index in [-0.39, 0.29) is 17.9 Å². The molecule has 1 heterocycles. The summed E-state index contributed by atoms with van der Waals surface area (Å²) in [5.74, 6) is -0.361. The lowest BCUT2D eigenvalue weighted by atomic mass is 10.1. The van der Waals surface area contributed by atoms with E-state index in [0.29, 0.717) is 18.8 Å². The Bertz CT molecular complexity index is 492. The van der Waals surface area contributed by atoms with Gasteiger partial charge in [0, 0.05) is 24.8 Å². The summed E-state index contributed by atoms with van der Waals surface area (Å²) in [5, 5.41) is 5.38. The van der Waals surface area contributed by atoms with Gasteiger partial charge >= 0.3 is 12.1 Å². The van der Waals surface area contributed by atoms with Crippen LogP contribution in [0.25, 0.3) is 0 Å². The van der Waals surface area contributed by atoms with Gasteiger partial charge in [-0.2, -0.15) is 0 Å². The fraction of sp³-hybridized carbons (Fsp3) is 0.385. The van der Waals surface area contributed by atoms with Crippen LogP contribution in [0.4, 0.5) is 19.7 Å². The van der Waals surface area contributed by atoms with Crippen molar-refractivity contribution in [1.29, 1.82) is 0 Å². The van der Waals surface area contributed by atoms with Crippen LogP contribution in [0.3, 0.4) is 0 Å². The molecule has 2 rings (SSSR count). The van der Waals surface area contributed by atoms with Crippen LogP contribution in [-0.4, -0.2) is 36.1 Å². The van der Waals surface area contributed by atoms with E-state index < -0.39 is 6.03 Å². The van der Waals surface area contributed by atoms with Gasteiger partial charge in [-0.3, -0.25) is 0 Å². The maximum absolute atomic E-state index is 12.7. The van der Waals surface area contributed by atoms with Gasteiger partial charge in [0.25, 0.3) is 0 Å². The maximum Gasteiger partial charge on any atom is 0.319 e. The number of halogens is 1. The molecule has 1 atom stereocenters. The summed E-state index contributed by atoms with van der Waals surface area (Å²) >= 11 is 0. The number of piperidine rings is 1. The number of carbonyl (C=O) groups is 2. The summed E-state index contributed by atoms with van der Waals surface area (Å²) in [6, 6.07) is 4.51. The zero-order chi connectivity index (χ0) is 14.5. The highest BCUT2D eigenvalue weighted by atomic mass is 19.1. The van der Waals surface area contributed by atoms with Crippen molar-refractivity contribution < 1.29 is 14.0 Å². The maximum atomic E-state index is 12.7. The van der Waals surface area contributed by atoms with Crippen molar-refractivity contribution in [2.45, 2.75) is 18.9 Å². The van der Waals surface area contributed by atoms with Crippen molar-refractivity contribution in [2.24, 2.45) is 5.73 Å². The predicted molar refractivity (Wildman–Crippen MR) is 72.7 cm³/mol. The van der Waals surface area contributed by atoms with Gasteiger partial charge in [0.05, 0.1) is 0 Å². The molecule has 20 heavy (non-hydrogen) atoms. The molecule has 6 nitrogen and oxygen atoms in total. The van der Waals surface area contributed by atoms with Crippen LogP contribution in [0, 0.1) is 5.82 Å². The molecule has 1 aromatic rings. The summed E-state index contributed by atoms with van der Waals surface area (Å²) in [6.07, 6.45) is 1.59. The standard InChI is InChI=1S/C13H17FN4O2/c14-9-3-5-10(6-4-9)16-13(20)17-11-2-1-7-18(8-11)12(15)19/h3-6,11H,1-2,7-8H2,(H2,15,19)(H2,16,17,20)/t11-/m0/s1. The van der Waals surface area contributed by atoms with Gasteiger partial charge in [-0.05, 0) is 37.1 Å². The van der Waals surface area contributed by atoms with Crippen LogP contribution in [0.1, 0.15) is 12.8 Å². The molecule has 1 saturated heterocycles. The molecule has 0 unspecified atom stereocenters. The third-order valence-corrected chi connectivity index (χ3v) is 3.17. The number of rotatable bonds is 2. The van der Waals surface area contributed by atoms with E-state index in [1.54, 1.807) is 0 Å². The zero-order valence-corrected chi connectivity index (χ0v) is 10.9. The molecule has 0 radical (unpaired) electrons. The number of hydrogen-bond acceptors (Lipinski definition) is 2. The van der Waals surface area contributed by atoms with Gasteiger partial charge in [0.15, 0.2) is 0 Å². The highest BCUT2D eigenvalue weighted by Crippen LogP contribution is 2.11. The molecule has 4 N–H and O–H groups in total. The Kier molecular flexibility index (Phi) is 4.39. The van der Waals surface area contributed by atoms with Crippen molar-refractivity contribution in [1.82, 2.24) is 10.2 Å². The fourth-order valence-corrected chi connectivity index (χ4v) is 2.18. The minimum atomic E-state index is -0.476. The smallest absolute Gasteiger partial charge is 0.319 e. The van der Waals surface area contributed by atoms with E-state index in [2.05, 4.69) is 10.6 Å². The van der Waals surface area contributed by atoms with Crippen molar-refractivity contribution >= 4 is 17.7 Å². The average Bonchev–Trinajstić information content (AvgIpc) is 2.41. The number of likely N-dealkylation sites (tertiary alicyclic amines) is 1. The Hall–Kier alpha value is -2.31. The van der Waals surface area contributed by atoms with E-state index in [1.807, 2.05) is 0 Å². The first-order valence-corrected chi connectivity index (χ1v) is 6.42. The van der Waals surface area contributed by atoms with Gasteiger partial charge in [0.2, 0.25) is 0 Å². The molecule has 1 aliphatic heterocycles. The lowest BCUT2D eigenvalue weighted by molar-refractivity contribution is 0.181. The molecular formula is C13H17FN4O2. The minimum Gasteiger partial charge on any atom is -0.351 e. The van der Waals surface area contributed by atoms with Crippen LogP contribution in [-0.2, 0) is 0 Å². The Labute approximate surface area is 116 Å². The third-order valence-electron chi connectivity index (χ3n) is 3.17. The van der Waals surface area contributed by atoms with E-state index in [1.165, 1.54) is 29.2 Å². The molecule has 1 aromatic carbocycles. The van der Waals surface area contributed by atoms with Gasteiger partial charge in [0.1, 0.15) is 5.82 Å². The first-order valence-electron chi connectivity index (χ1n) is 6.42. The number of primary amides is 1. The first-order chi connectivity index (χ1) is 9.54. The second-order valence-corrected chi connectivity index (χ2v) is 4.73. The molecule has 7 heteroatoms. The van der Waals surface area contributed by atoms with Gasteiger partial charge < -0.3 is 21.3 Å². The quantitative estimate of drug-likeness (QED) is 0.766. The summed E-state index contributed by atoms with van der Waals surface area (Å²) in [4.78, 5) is 24.4. The molecule has 0 aromatic heterocycles. The highest BCUT2D eigenvalue weighted by molar-refractivity contribution is 5.89. The van der Waals surface area contributed by atoms with Crippen LogP contribution < -0.4 is 16.4 Å². The molecule has 1 aliphatic rings. The molecule has 108 valence electrons. The second-order valence-electron chi connectivity index (χ2n) is 4.73. The summed E-state index contributed by atoms with van der Waals surface area (Å²) < 4.78 is 12.7. The van der Waals surface area contributed by atoms with E-state index in [0.717, 1.165) is 12.8 Å². The predicted octanol–water partition coefficient (Wildman–Crippen LogP) is 1.49. The first kappa shape index (κ1) is 14.1. The monoisotopic (exact) mass is 280 g/mol. The van der Waals surface area contributed by atoms with Crippen LogP contribution in [0.15, 0.2) is 24.3 Å². The van der Waals surface area contributed by atoms with E-state index in [9.17, 15) is 14.0 Å². The van der Waals surface area contributed by atoms with Crippen LogP contribution in [0.5, 0.6) is 0 Å². The summed E-state index contributed by atoms with van der Waals surface area (Å²) in [6.45, 7) is 1.03. The number of carbonyl (C=O) groups excluding carboxylic acids is 2. The average molecular weight is 280 g/mol. The van der Waals surface area contributed by atoms with Crippen LogP contribution >= 0.6 is 0 Å². The van der Waals surface area contributed by atoms with Crippen LogP contribution in [0.2, 0.25) is 0 Å². The number of nitrogens with zero attached hydrogens (tertiary/aromatic N) is 1. The third kappa shape index (κ3) is 3.84. The van der Waals surface area contributed by atoms with Gasteiger partial charge in [-0.15, -0.1) is 0 Å². The molecular weight excluding hydrogens is 263 g/mol. The van der Waals surface area contributed by atoms with Crippen molar-refractivity contribution in [3.05, 3.63) is 30.1 Å². The molecule has 0 aliphatic carbocycles. The van der Waals surface area contributed by atoms with Crippen molar-refractivity contribution in [3.63, 3.8) is 0 Å². The van der Waals surface area contributed by atoms with Gasteiger partial charge in [-0.25, -0.2) is 14.0 Å². The van der Waals surface area contributed by atoms with Gasteiger partial charge in [-0.1, -0.05) is 0 Å². The number of urea groups is 2. The molecule has 1 fully saturated rings. The van der Waals surface area contributed by atoms with Crippen molar-refractivity contribution in [3.8, 4) is 0 Å². The number of hydrogen-bond donors (Lipinski definition) is 3. The molecule has 0 bridgehead atoms. The summed E-state index contributed by atoms with van der Waals surface area (Å²) in [7, 11) is 0. The topological polar surface area (TPSA) is 87.5 Å². The minimum absolute atomic E-state index is 0.128. The number of benzene rings is 1. The number of nitrogens with two attached hydrogens (primary N) is 1. The lowest BCUT2D eigenvalue weighted by Gasteiger charge is -2.31. The lowest BCUT2D eigenvalue weighted by Crippen LogP contribution is -2.51. The number of nitrogens with one attached hydrogen (secondary N) is 2. The molecule has 0 spiro atoms. The molecule has 4 amide bonds. The highest BCUT2D eigenvalue weighted by Gasteiger charge is 2.23. The Balaban J connectivity index is 1.85. The van der Waals surface area contributed by atoms with E-state index >= 15 is 0 Å². The Morgan fingerprint density at radius 3 is 2.65 bits per heavy atom. The summed E-state index contributed by atoms with van der Waals surface area (Å²) in [5.41, 5.74) is 5.73. The normalized spacial score (nSPS) is 18.4. The second kappa shape index (κ2) is 6.23. The van der Waals surface area contributed by atoms with Crippen molar-refractivity contribution in [2.75, 3.05) is 18.4 Å². The zero-order valence-electron chi connectivity index (χ0n) is 10.9. The molecule has 0 saturated carbocycles. The SMILES string of the molecule is NC(=O)N1CCC[C@H](NC(=O)Nc2ccc(F)cc2)C1. The Morgan fingerprint density at radius 1 is 1.30 bits per heavy atom. The van der Waals surface area contributed by atoms with E-state index in [4.69, 9.17) is 5.73 Å². The number of amides is 4. The fourth-order valence-electron chi connectivity index (χ4n) is 2.18. The number of anilines is 1. The largest absolute Gasteiger partial charge is 0.351 e.